The number of fused-ring (bicyclic) bond motifs is 3. The lowest BCUT2D eigenvalue weighted by Gasteiger charge is -2.45. The Hall–Kier alpha value is -3.39. The van der Waals surface area contributed by atoms with Gasteiger partial charge >= 0.3 is 12.1 Å². The average Bonchev–Trinajstić information content (AvgIpc) is 3.08. The second-order valence-corrected chi connectivity index (χ2v) is 9.39. The number of benzene rings is 2. The molecule has 178 valence electrons. The summed E-state index contributed by atoms with van der Waals surface area (Å²) >= 11 is 0. The number of alkyl carbamates (subject to hydrolysis) is 1. The molecule has 0 radical (unpaired) electrons. The molecular formula is C26H28N2O6. The van der Waals surface area contributed by atoms with Crippen LogP contribution in [0.1, 0.15) is 42.7 Å². The molecule has 0 aromatic heterocycles. The molecule has 2 aliphatic carbocycles. The molecule has 5 rings (SSSR count). The smallest absolute Gasteiger partial charge is 0.407 e. The first-order chi connectivity index (χ1) is 16.4. The molecule has 2 fully saturated rings. The number of carboxylic acids is 1. The first kappa shape index (κ1) is 22.4. The van der Waals surface area contributed by atoms with Crippen molar-refractivity contribution in [3.8, 4) is 11.1 Å². The fraction of sp³-hybridized carbons (Fsp3) is 0.423. The van der Waals surface area contributed by atoms with E-state index in [9.17, 15) is 14.4 Å². The number of hydrogen-bond donors (Lipinski definition) is 2. The molecule has 1 heterocycles. The quantitative estimate of drug-likeness (QED) is 0.622. The summed E-state index contributed by atoms with van der Waals surface area (Å²) in [5.74, 6) is -1.10. The van der Waals surface area contributed by atoms with Crippen molar-refractivity contribution in [2.24, 2.45) is 0 Å². The van der Waals surface area contributed by atoms with Gasteiger partial charge < -0.3 is 24.8 Å². The molecule has 0 bridgehead atoms. The van der Waals surface area contributed by atoms with E-state index in [0.717, 1.165) is 30.4 Å². The number of ether oxygens (including phenoxy) is 2. The van der Waals surface area contributed by atoms with Crippen LogP contribution in [-0.4, -0.2) is 65.9 Å². The van der Waals surface area contributed by atoms with Crippen molar-refractivity contribution >= 4 is 18.0 Å². The van der Waals surface area contributed by atoms with Gasteiger partial charge in [0.15, 0.2) is 0 Å². The molecule has 1 aliphatic heterocycles. The van der Waals surface area contributed by atoms with E-state index < -0.39 is 17.6 Å². The Bertz CT molecular complexity index is 1060. The van der Waals surface area contributed by atoms with Gasteiger partial charge in [-0.15, -0.1) is 0 Å². The van der Waals surface area contributed by atoms with Crippen molar-refractivity contribution in [3.63, 3.8) is 0 Å². The van der Waals surface area contributed by atoms with Gasteiger partial charge in [-0.2, -0.15) is 0 Å². The van der Waals surface area contributed by atoms with Crippen LogP contribution < -0.4 is 5.32 Å². The maximum Gasteiger partial charge on any atom is 0.407 e. The minimum absolute atomic E-state index is 0.0130. The van der Waals surface area contributed by atoms with Gasteiger partial charge in [-0.25, -0.2) is 9.59 Å². The molecule has 1 saturated heterocycles. The lowest BCUT2D eigenvalue weighted by atomic mass is 9.74. The Morgan fingerprint density at radius 3 is 2.18 bits per heavy atom. The average molecular weight is 465 g/mol. The molecule has 2 aromatic carbocycles. The molecule has 2 N–H and O–H groups in total. The highest BCUT2D eigenvalue weighted by atomic mass is 16.5. The zero-order valence-electron chi connectivity index (χ0n) is 18.9. The van der Waals surface area contributed by atoms with Crippen LogP contribution in [0.5, 0.6) is 0 Å². The molecule has 3 aliphatic rings. The normalized spacial score (nSPS) is 18.3. The van der Waals surface area contributed by atoms with E-state index in [1.807, 2.05) is 24.3 Å². The Morgan fingerprint density at radius 2 is 1.62 bits per heavy atom. The van der Waals surface area contributed by atoms with Crippen LogP contribution in [0.25, 0.3) is 11.1 Å². The molecule has 1 saturated carbocycles. The molecule has 2 aromatic rings. The summed E-state index contributed by atoms with van der Waals surface area (Å²) in [6.07, 6.45) is 1.88. The van der Waals surface area contributed by atoms with E-state index in [1.54, 1.807) is 4.90 Å². The number of nitrogens with zero attached hydrogens (tertiary/aromatic N) is 1. The summed E-state index contributed by atoms with van der Waals surface area (Å²) in [4.78, 5) is 37.7. The standard InChI is InChI=1S/C26H28N2O6/c29-23(28-13-17(14-28)33-16-24(30)31)12-26(10-5-11-26)27-25(32)34-15-22-20-8-3-1-6-18(20)19-7-2-4-9-21(19)22/h1-4,6-9,17,22H,5,10-16H2,(H,27,32)(H,30,31). The first-order valence-corrected chi connectivity index (χ1v) is 11.7. The summed E-state index contributed by atoms with van der Waals surface area (Å²) in [7, 11) is 0. The maximum absolute atomic E-state index is 12.7. The number of carboxylic acid groups (broad SMARTS) is 1. The van der Waals surface area contributed by atoms with Crippen LogP contribution in [0.4, 0.5) is 4.79 Å². The number of likely N-dealkylation sites (tertiary alicyclic amines) is 1. The zero-order valence-corrected chi connectivity index (χ0v) is 18.9. The molecule has 2 amide bonds. The second kappa shape index (κ2) is 9.10. The van der Waals surface area contributed by atoms with E-state index in [-0.39, 0.29) is 37.6 Å². The second-order valence-electron chi connectivity index (χ2n) is 9.39. The minimum Gasteiger partial charge on any atom is -0.480 e. The Morgan fingerprint density at radius 1 is 1.00 bits per heavy atom. The van der Waals surface area contributed by atoms with Crippen LogP contribution in [0.3, 0.4) is 0 Å². The molecule has 34 heavy (non-hydrogen) atoms. The predicted molar refractivity (Wildman–Crippen MR) is 123 cm³/mol. The number of aliphatic carboxylic acids is 1. The first-order valence-electron chi connectivity index (χ1n) is 11.7. The van der Waals surface area contributed by atoms with Crippen LogP contribution in [0.2, 0.25) is 0 Å². The van der Waals surface area contributed by atoms with E-state index in [0.29, 0.717) is 13.1 Å². The van der Waals surface area contributed by atoms with Crippen LogP contribution in [-0.2, 0) is 19.1 Å². The van der Waals surface area contributed by atoms with Crippen molar-refractivity contribution in [1.82, 2.24) is 10.2 Å². The Kier molecular flexibility index (Phi) is 6.00. The molecule has 8 nitrogen and oxygen atoms in total. The zero-order chi connectivity index (χ0) is 23.7. The Balaban J connectivity index is 1.15. The molecule has 8 heteroatoms. The Labute approximate surface area is 197 Å². The lowest BCUT2D eigenvalue weighted by molar-refractivity contribution is -0.155. The monoisotopic (exact) mass is 464 g/mol. The van der Waals surface area contributed by atoms with E-state index in [1.165, 1.54) is 11.1 Å². The SMILES string of the molecule is O=C(O)COC1CN(C(=O)CC2(NC(=O)OCC3c4ccccc4-c4ccccc43)CCC2)C1. The highest BCUT2D eigenvalue weighted by Crippen LogP contribution is 2.44. The predicted octanol–water partition coefficient (Wildman–Crippen LogP) is 3.15. The lowest BCUT2D eigenvalue weighted by Crippen LogP contribution is -2.60. The summed E-state index contributed by atoms with van der Waals surface area (Å²) in [6, 6.07) is 16.4. The van der Waals surface area contributed by atoms with Crippen LogP contribution in [0, 0.1) is 0 Å². The minimum atomic E-state index is -1.02. The fourth-order valence-corrected chi connectivity index (χ4v) is 5.14. The van der Waals surface area contributed by atoms with Crippen LogP contribution in [0.15, 0.2) is 48.5 Å². The van der Waals surface area contributed by atoms with Gasteiger partial charge in [-0.1, -0.05) is 48.5 Å². The van der Waals surface area contributed by atoms with Crippen molar-refractivity contribution in [2.45, 2.75) is 43.2 Å². The van der Waals surface area contributed by atoms with Gasteiger partial charge in [0.05, 0.1) is 18.1 Å². The third-order valence-corrected chi connectivity index (χ3v) is 7.15. The fourth-order valence-electron chi connectivity index (χ4n) is 5.14. The van der Waals surface area contributed by atoms with Gasteiger partial charge in [-0.3, -0.25) is 4.79 Å². The van der Waals surface area contributed by atoms with E-state index in [2.05, 4.69) is 29.6 Å². The number of rotatable bonds is 8. The van der Waals surface area contributed by atoms with Gasteiger partial charge in [0, 0.05) is 19.0 Å². The highest BCUT2D eigenvalue weighted by molar-refractivity contribution is 5.81. The summed E-state index contributed by atoms with van der Waals surface area (Å²) < 4.78 is 10.9. The topological polar surface area (TPSA) is 105 Å². The third kappa shape index (κ3) is 4.37. The number of hydrogen-bond acceptors (Lipinski definition) is 5. The molecule has 0 atom stereocenters. The molecule has 0 spiro atoms. The van der Waals surface area contributed by atoms with Gasteiger partial charge in [0.25, 0.3) is 0 Å². The molecular weight excluding hydrogens is 436 g/mol. The van der Waals surface area contributed by atoms with Crippen molar-refractivity contribution in [1.29, 1.82) is 0 Å². The highest BCUT2D eigenvalue weighted by Gasteiger charge is 2.43. The van der Waals surface area contributed by atoms with Gasteiger partial charge in [0.1, 0.15) is 13.2 Å². The van der Waals surface area contributed by atoms with Crippen LogP contribution >= 0.6 is 0 Å². The summed E-state index contributed by atoms with van der Waals surface area (Å²) in [5.41, 5.74) is 4.08. The van der Waals surface area contributed by atoms with Crippen molar-refractivity contribution < 1.29 is 29.0 Å². The number of carbonyl (C=O) groups excluding carboxylic acids is 2. The maximum atomic E-state index is 12.7. The summed E-state index contributed by atoms with van der Waals surface area (Å²) in [6.45, 7) is 0.638. The number of amides is 2. The van der Waals surface area contributed by atoms with Crippen molar-refractivity contribution in [2.75, 3.05) is 26.3 Å². The number of nitrogens with one attached hydrogen (secondary N) is 1. The number of carbonyl (C=O) groups is 3. The van der Waals surface area contributed by atoms with Gasteiger partial charge in [-0.05, 0) is 41.5 Å². The van der Waals surface area contributed by atoms with E-state index in [4.69, 9.17) is 14.6 Å². The summed E-state index contributed by atoms with van der Waals surface area (Å²) in [5, 5.41) is 11.7. The third-order valence-electron chi connectivity index (χ3n) is 7.15. The van der Waals surface area contributed by atoms with E-state index >= 15 is 0 Å². The van der Waals surface area contributed by atoms with Crippen molar-refractivity contribution in [3.05, 3.63) is 59.7 Å². The molecule has 0 unspecified atom stereocenters. The largest absolute Gasteiger partial charge is 0.480 e. The van der Waals surface area contributed by atoms with Gasteiger partial charge in [0.2, 0.25) is 5.91 Å².